The number of carbonyl (C=O) groups excluding carboxylic acids is 1. The summed E-state index contributed by atoms with van der Waals surface area (Å²) in [6.45, 7) is -0.438. The topological polar surface area (TPSA) is 81.4 Å². The molecular weight excluding hydrogens is 288 g/mol. The van der Waals surface area contributed by atoms with E-state index in [4.69, 9.17) is 22.0 Å². The van der Waals surface area contributed by atoms with Crippen LogP contribution in [0.1, 0.15) is 0 Å². The summed E-state index contributed by atoms with van der Waals surface area (Å²) in [7, 11) is 0. The van der Waals surface area contributed by atoms with Crippen molar-refractivity contribution in [3.05, 3.63) is 29.3 Å². The predicted molar refractivity (Wildman–Crippen MR) is 74.4 cm³/mol. The van der Waals surface area contributed by atoms with Crippen molar-refractivity contribution in [3.8, 4) is 6.07 Å². The average Bonchev–Trinajstić information content (AvgIpc) is 2.36. The Bertz CT molecular complexity index is 516. The zero-order valence-electron chi connectivity index (χ0n) is 9.88. The minimum Gasteiger partial charge on any atom is -0.480 e. The van der Waals surface area contributed by atoms with E-state index in [0.717, 1.165) is 16.7 Å². The second kappa shape index (κ2) is 7.67. The van der Waals surface area contributed by atoms with Gasteiger partial charge in [0, 0.05) is 10.7 Å². The minimum absolute atomic E-state index is 0.0490. The van der Waals surface area contributed by atoms with Gasteiger partial charge in [0.15, 0.2) is 0 Å². The van der Waals surface area contributed by atoms with Crippen molar-refractivity contribution in [1.82, 2.24) is 0 Å². The molecule has 1 aromatic carbocycles. The molecule has 0 aliphatic carbocycles. The molecule has 0 atom stereocenters. The molecule has 0 fully saturated rings. The van der Waals surface area contributed by atoms with Crippen LogP contribution in [0.5, 0.6) is 0 Å². The molecule has 0 spiro atoms. The Morgan fingerprint density at radius 2 is 2.21 bits per heavy atom. The largest absolute Gasteiger partial charge is 0.480 e. The molecule has 1 aromatic rings. The van der Waals surface area contributed by atoms with Gasteiger partial charge < -0.3 is 10.0 Å². The average molecular weight is 299 g/mol. The number of benzene rings is 1. The van der Waals surface area contributed by atoms with Crippen LogP contribution < -0.4 is 4.90 Å². The van der Waals surface area contributed by atoms with Gasteiger partial charge in [-0.2, -0.15) is 5.26 Å². The van der Waals surface area contributed by atoms with Crippen LogP contribution >= 0.6 is 23.4 Å². The molecular formula is C12H11ClN2O3S. The number of amides is 1. The number of hydrogen-bond donors (Lipinski definition) is 1. The number of nitriles is 1. The number of carboxylic acid groups (broad SMARTS) is 1. The van der Waals surface area contributed by atoms with Crippen LogP contribution in [0.25, 0.3) is 0 Å². The molecule has 7 heteroatoms. The lowest BCUT2D eigenvalue weighted by atomic mass is 10.3. The molecule has 0 unspecified atom stereocenters. The summed E-state index contributed by atoms with van der Waals surface area (Å²) in [6.07, 6.45) is 0. The molecule has 19 heavy (non-hydrogen) atoms. The second-order valence-corrected chi connectivity index (χ2v) is 4.93. The van der Waals surface area contributed by atoms with Gasteiger partial charge in [-0.15, -0.1) is 11.8 Å². The third kappa shape index (κ3) is 5.20. The van der Waals surface area contributed by atoms with E-state index in [-0.39, 0.29) is 17.4 Å². The van der Waals surface area contributed by atoms with Gasteiger partial charge in [-0.25, -0.2) is 0 Å². The molecule has 1 N–H and O–H groups in total. The first kappa shape index (κ1) is 15.3. The van der Waals surface area contributed by atoms with E-state index >= 15 is 0 Å². The fraction of sp³-hybridized carbons (Fsp3) is 0.250. The van der Waals surface area contributed by atoms with Crippen molar-refractivity contribution in [2.24, 2.45) is 0 Å². The SMILES string of the molecule is N#CCSCC(=O)N(CC(=O)O)c1cccc(Cl)c1. The summed E-state index contributed by atoms with van der Waals surface area (Å²) in [4.78, 5) is 23.9. The van der Waals surface area contributed by atoms with Gasteiger partial charge in [0.05, 0.1) is 17.6 Å². The normalized spacial score (nSPS) is 9.68. The van der Waals surface area contributed by atoms with E-state index in [0.29, 0.717) is 10.7 Å². The molecule has 100 valence electrons. The summed E-state index contributed by atoms with van der Waals surface area (Å²) in [5.41, 5.74) is 0.428. The Labute approximate surface area is 119 Å². The Hall–Kier alpha value is -1.71. The maximum Gasteiger partial charge on any atom is 0.323 e. The summed E-state index contributed by atoms with van der Waals surface area (Å²) in [5.74, 6) is -1.25. The van der Waals surface area contributed by atoms with Gasteiger partial charge in [-0.05, 0) is 18.2 Å². The highest BCUT2D eigenvalue weighted by Gasteiger charge is 2.18. The lowest BCUT2D eigenvalue weighted by molar-refractivity contribution is -0.136. The first-order valence-electron chi connectivity index (χ1n) is 5.27. The molecule has 0 saturated carbocycles. The number of rotatable bonds is 6. The zero-order valence-corrected chi connectivity index (χ0v) is 11.4. The summed E-state index contributed by atoms with van der Waals surface area (Å²) >= 11 is 6.96. The number of aliphatic carboxylic acids is 1. The Balaban J connectivity index is 2.85. The molecule has 5 nitrogen and oxygen atoms in total. The highest BCUT2D eigenvalue weighted by atomic mass is 35.5. The van der Waals surface area contributed by atoms with E-state index in [1.54, 1.807) is 18.2 Å². The molecule has 1 amide bonds. The lowest BCUT2D eigenvalue weighted by Crippen LogP contribution is -2.37. The van der Waals surface area contributed by atoms with Gasteiger partial charge in [-0.1, -0.05) is 17.7 Å². The third-order valence-electron chi connectivity index (χ3n) is 2.11. The maximum atomic E-state index is 12.0. The molecule has 1 rings (SSSR count). The van der Waals surface area contributed by atoms with Gasteiger partial charge >= 0.3 is 5.97 Å². The number of carboxylic acids is 1. The van der Waals surface area contributed by atoms with Gasteiger partial charge in [-0.3, -0.25) is 9.59 Å². The molecule has 0 aromatic heterocycles. The number of carbonyl (C=O) groups is 2. The van der Waals surface area contributed by atoms with Crippen molar-refractivity contribution in [3.63, 3.8) is 0 Å². The smallest absolute Gasteiger partial charge is 0.323 e. The second-order valence-electron chi connectivity index (χ2n) is 3.50. The van der Waals surface area contributed by atoms with Crippen LogP contribution in [0.4, 0.5) is 5.69 Å². The molecule has 0 bridgehead atoms. The molecule has 0 saturated heterocycles. The van der Waals surface area contributed by atoms with Gasteiger partial charge in [0.1, 0.15) is 6.54 Å². The zero-order chi connectivity index (χ0) is 14.3. The molecule has 0 aliphatic heterocycles. The standard InChI is InChI=1S/C12H11ClN2O3S/c13-9-2-1-3-10(6-9)15(7-12(17)18)11(16)8-19-5-4-14/h1-3,6H,5,7-8H2,(H,17,18). The van der Waals surface area contributed by atoms with E-state index in [1.807, 2.05) is 6.07 Å². The van der Waals surface area contributed by atoms with Crippen LogP contribution in [-0.4, -0.2) is 35.0 Å². The van der Waals surface area contributed by atoms with E-state index in [9.17, 15) is 9.59 Å². The Morgan fingerprint density at radius 3 is 2.79 bits per heavy atom. The van der Waals surface area contributed by atoms with E-state index < -0.39 is 12.5 Å². The Kier molecular flexibility index (Phi) is 6.19. The monoisotopic (exact) mass is 298 g/mol. The predicted octanol–water partition coefficient (Wildman–Crippen LogP) is 2.01. The summed E-state index contributed by atoms with van der Waals surface area (Å²) in [6, 6.07) is 8.32. The molecule has 0 heterocycles. The van der Waals surface area contributed by atoms with Crippen molar-refractivity contribution < 1.29 is 14.7 Å². The highest BCUT2D eigenvalue weighted by Crippen LogP contribution is 2.20. The van der Waals surface area contributed by atoms with Crippen molar-refractivity contribution >= 4 is 40.9 Å². The van der Waals surface area contributed by atoms with Gasteiger partial charge in [0.25, 0.3) is 0 Å². The van der Waals surface area contributed by atoms with Gasteiger partial charge in [0.2, 0.25) is 5.91 Å². The quantitative estimate of drug-likeness (QED) is 0.813. The van der Waals surface area contributed by atoms with Crippen LogP contribution in [-0.2, 0) is 9.59 Å². The maximum absolute atomic E-state index is 12.0. The number of nitrogens with zero attached hydrogens (tertiary/aromatic N) is 2. The van der Waals surface area contributed by atoms with Crippen molar-refractivity contribution in [2.75, 3.05) is 23.0 Å². The highest BCUT2D eigenvalue weighted by molar-refractivity contribution is 8.00. The number of thioether (sulfide) groups is 1. The lowest BCUT2D eigenvalue weighted by Gasteiger charge is -2.20. The number of anilines is 1. The Morgan fingerprint density at radius 1 is 1.47 bits per heavy atom. The first-order chi connectivity index (χ1) is 9.04. The van der Waals surface area contributed by atoms with Crippen molar-refractivity contribution in [1.29, 1.82) is 5.26 Å². The summed E-state index contributed by atoms with van der Waals surface area (Å²) < 4.78 is 0. The van der Waals surface area contributed by atoms with Crippen LogP contribution in [0, 0.1) is 11.3 Å². The fourth-order valence-electron chi connectivity index (χ4n) is 1.36. The van der Waals surface area contributed by atoms with Crippen LogP contribution in [0.3, 0.4) is 0 Å². The first-order valence-corrected chi connectivity index (χ1v) is 6.80. The van der Waals surface area contributed by atoms with Crippen LogP contribution in [0.15, 0.2) is 24.3 Å². The molecule has 0 aliphatic rings. The number of hydrogen-bond acceptors (Lipinski definition) is 4. The van der Waals surface area contributed by atoms with E-state index in [1.165, 1.54) is 6.07 Å². The van der Waals surface area contributed by atoms with Crippen LogP contribution in [0.2, 0.25) is 5.02 Å². The fourth-order valence-corrected chi connectivity index (χ4v) is 2.07. The minimum atomic E-state index is -1.11. The summed E-state index contributed by atoms with van der Waals surface area (Å²) in [5, 5.41) is 17.7. The van der Waals surface area contributed by atoms with E-state index in [2.05, 4.69) is 0 Å². The number of halogens is 1. The molecule has 0 radical (unpaired) electrons. The third-order valence-corrected chi connectivity index (χ3v) is 3.13. The van der Waals surface area contributed by atoms with Crippen molar-refractivity contribution in [2.45, 2.75) is 0 Å².